The Balaban J connectivity index is 2.06. The maximum Gasteiger partial charge on any atom is 0.338 e. The number of H-pyrrole nitrogens is 1. The number of hydrogen-bond acceptors (Lipinski definition) is 5. The number of benzene rings is 1. The minimum atomic E-state index is -1.45. The van der Waals surface area contributed by atoms with Crippen LogP contribution in [0, 0.1) is 11.6 Å². The van der Waals surface area contributed by atoms with Crippen molar-refractivity contribution in [3.63, 3.8) is 0 Å². The molecule has 7 nitrogen and oxygen atoms in total. The molecule has 0 unspecified atom stereocenters. The summed E-state index contributed by atoms with van der Waals surface area (Å²) in [6.45, 7) is 0. The molecule has 2 heterocycles. The molecule has 0 bridgehead atoms. The summed E-state index contributed by atoms with van der Waals surface area (Å²) in [6.07, 6.45) is 3.85. The average Bonchev–Trinajstić information content (AvgIpc) is 3.02. The van der Waals surface area contributed by atoms with Gasteiger partial charge < -0.3 is 10.4 Å². The van der Waals surface area contributed by atoms with Crippen LogP contribution < -0.4 is 5.32 Å². The van der Waals surface area contributed by atoms with E-state index in [1.54, 1.807) is 0 Å². The second-order valence-corrected chi connectivity index (χ2v) is 4.47. The van der Waals surface area contributed by atoms with Crippen LogP contribution in [0.25, 0.3) is 11.3 Å². The molecule has 3 rings (SSSR count). The normalized spacial score (nSPS) is 10.5. The van der Waals surface area contributed by atoms with Gasteiger partial charge in [0.2, 0.25) is 5.95 Å². The Morgan fingerprint density at radius 2 is 2.09 bits per heavy atom. The Kier molecular flexibility index (Phi) is 3.67. The Hall–Kier alpha value is -3.36. The zero-order valence-corrected chi connectivity index (χ0v) is 11.4. The highest BCUT2D eigenvalue weighted by atomic mass is 19.1. The van der Waals surface area contributed by atoms with Crippen molar-refractivity contribution in [3.8, 4) is 11.3 Å². The number of aromatic amines is 1. The summed E-state index contributed by atoms with van der Waals surface area (Å²) in [7, 11) is 0. The van der Waals surface area contributed by atoms with Gasteiger partial charge in [-0.2, -0.15) is 5.10 Å². The van der Waals surface area contributed by atoms with E-state index in [1.807, 2.05) is 0 Å². The highest BCUT2D eigenvalue weighted by molar-refractivity contribution is 5.89. The van der Waals surface area contributed by atoms with E-state index in [9.17, 15) is 13.6 Å². The first-order valence-corrected chi connectivity index (χ1v) is 6.37. The van der Waals surface area contributed by atoms with Crippen molar-refractivity contribution in [2.24, 2.45) is 0 Å². The van der Waals surface area contributed by atoms with Gasteiger partial charge in [0.15, 0.2) is 5.82 Å². The molecule has 0 amide bonds. The molecule has 0 saturated carbocycles. The second kappa shape index (κ2) is 5.79. The van der Waals surface area contributed by atoms with Crippen LogP contribution in [0.3, 0.4) is 0 Å². The number of carbonyl (C=O) groups is 1. The molecule has 2 aromatic heterocycles. The van der Waals surface area contributed by atoms with E-state index in [0.29, 0.717) is 5.69 Å². The summed E-state index contributed by atoms with van der Waals surface area (Å²) in [6, 6.07) is 3.65. The number of carboxylic acid groups (broad SMARTS) is 1. The van der Waals surface area contributed by atoms with Crippen LogP contribution in [-0.4, -0.2) is 31.2 Å². The first kappa shape index (κ1) is 14.6. The number of aromatic nitrogens is 4. The smallest absolute Gasteiger partial charge is 0.338 e. The molecule has 0 saturated heterocycles. The van der Waals surface area contributed by atoms with Crippen LogP contribution in [0.4, 0.5) is 20.4 Å². The van der Waals surface area contributed by atoms with Crippen molar-refractivity contribution in [2.45, 2.75) is 0 Å². The summed E-state index contributed by atoms with van der Waals surface area (Å²) in [5, 5.41) is 18.0. The summed E-state index contributed by atoms with van der Waals surface area (Å²) in [5.74, 6) is -3.37. The van der Waals surface area contributed by atoms with Crippen molar-refractivity contribution >= 4 is 17.6 Å². The summed E-state index contributed by atoms with van der Waals surface area (Å²) >= 11 is 0. The first-order valence-electron chi connectivity index (χ1n) is 6.37. The molecular weight excluding hydrogens is 308 g/mol. The quantitative estimate of drug-likeness (QED) is 0.683. The third-order valence-electron chi connectivity index (χ3n) is 2.98. The molecule has 0 fully saturated rings. The highest BCUT2D eigenvalue weighted by Gasteiger charge is 2.19. The molecule has 9 heteroatoms. The van der Waals surface area contributed by atoms with Gasteiger partial charge in [-0.15, -0.1) is 0 Å². The van der Waals surface area contributed by atoms with Gasteiger partial charge in [-0.25, -0.2) is 23.5 Å². The van der Waals surface area contributed by atoms with Gasteiger partial charge in [-0.05, 0) is 12.1 Å². The van der Waals surface area contributed by atoms with Crippen LogP contribution in [0.15, 0.2) is 36.8 Å². The largest absolute Gasteiger partial charge is 0.478 e. The summed E-state index contributed by atoms with van der Waals surface area (Å²) < 4.78 is 28.2. The molecule has 0 aliphatic heterocycles. The number of halogens is 2. The molecule has 23 heavy (non-hydrogen) atoms. The van der Waals surface area contributed by atoms with Crippen LogP contribution in [0.5, 0.6) is 0 Å². The van der Waals surface area contributed by atoms with Gasteiger partial charge in [-0.1, -0.05) is 6.07 Å². The molecule has 3 N–H and O–H groups in total. The average molecular weight is 317 g/mol. The van der Waals surface area contributed by atoms with Gasteiger partial charge in [-0.3, -0.25) is 5.10 Å². The van der Waals surface area contributed by atoms with Crippen LogP contribution in [0.2, 0.25) is 0 Å². The predicted molar refractivity (Wildman–Crippen MR) is 76.2 cm³/mol. The Labute approximate surface area is 128 Å². The van der Waals surface area contributed by atoms with Crippen LogP contribution >= 0.6 is 0 Å². The lowest BCUT2D eigenvalue weighted by Gasteiger charge is -2.08. The van der Waals surface area contributed by atoms with Crippen LogP contribution in [-0.2, 0) is 0 Å². The van der Waals surface area contributed by atoms with Gasteiger partial charge >= 0.3 is 5.97 Å². The van der Waals surface area contributed by atoms with Gasteiger partial charge in [0.1, 0.15) is 11.5 Å². The lowest BCUT2D eigenvalue weighted by atomic mass is 10.1. The number of carboxylic acids is 1. The van der Waals surface area contributed by atoms with Gasteiger partial charge in [0.05, 0.1) is 23.6 Å². The van der Waals surface area contributed by atoms with Gasteiger partial charge in [0.25, 0.3) is 0 Å². The minimum Gasteiger partial charge on any atom is -0.478 e. The molecule has 0 spiro atoms. The Morgan fingerprint density at radius 1 is 1.26 bits per heavy atom. The van der Waals surface area contributed by atoms with E-state index < -0.39 is 23.2 Å². The maximum atomic E-state index is 14.3. The molecule has 1 aromatic carbocycles. The van der Waals surface area contributed by atoms with E-state index in [2.05, 4.69) is 25.5 Å². The fourth-order valence-electron chi connectivity index (χ4n) is 1.94. The zero-order valence-electron chi connectivity index (χ0n) is 11.4. The monoisotopic (exact) mass is 317 g/mol. The number of nitrogens with one attached hydrogen (secondary N) is 2. The molecule has 3 aromatic rings. The van der Waals surface area contributed by atoms with E-state index in [4.69, 9.17) is 5.11 Å². The van der Waals surface area contributed by atoms with E-state index in [0.717, 1.165) is 12.3 Å². The lowest BCUT2D eigenvalue weighted by molar-refractivity contribution is 0.0692. The maximum absolute atomic E-state index is 14.3. The number of aromatic carboxylic acids is 1. The number of rotatable bonds is 4. The molecule has 0 atom stereocenters. The van der Waals surface area contributed by atoms with Crippen molar-refractivity contribution in [1.29, 1.82) is 0 Å². The molecular formula is C14H9F2N5O2. The zero-order chi connectivity index (χ0) is 16.4. The Bertz CT molecular complexity index is 868. The standard InChI is InChI=1S/C14H9F2N5O2/c15-10-6-17-14(20-7-4-18-19-5-7)21-12(10)8-2-1-3-9(11(8)16)13(22)23/h1-6H,(H,18,19)(H,22,23)(H,17,20,21). The van der Waals surface area contributed by atoms with Gasteiger partial charge in [0, 0.05) is 11.8 Å². The lowest BCUT2D eigenvalue weighted by Crippen LogP contribution is -2.05. The molecule has 116 valence electrons. The highest BCUT2D eigenvalue weighted by Crippen LogP contribution is 2.26. The van der Waals surface area contributed by atoms with Crippen LogP contribution in [0.1, 0.15) is 10.4 Å². The molecule has 0 radical (unpaired) electrons. The van der Waals surface area contributed by atoms with Crippen molar-refractivity contribution in [3.05, 3.63) is 54.0 Å². The second-order valence-electron chi connectivity index (χ2n) is 4.47. The van der Waals surface area contributed by atoms with Crippen molar-refractivity contribution < 1.29 is 18.7 Å². The fraction of sp³-hybridized carbons (Fsp3) is 0. The third kappa shape index (κ3) is 2.84. The SMILES string of the molecule is O=C(O)c1cccc(-c2nc(Nc3cn[nH]c3)ncc2F)c1F. The van der Waals surface area contributed by atoms with Crippen molar-refractivity contribution in [2.75, 3.05) is 5.32 Å². The first-order chi connectivity index (χ1) is 11.1. The van der Waals surface area contributed by atoms with E-state index >= 15 is 0 Å². The summed E-state index contributed by atoms with van der Waals surface area (Å²) in [5.41, 5.74) is -0.640. The molecule has 0 aliphatic carbocycles. The van der Waals surface area contributed by atoms with E-state index in [-0.39, 0.29) is 17.2 Å². The predicted octanol–water partition coefficient (Wildman–Crippen LogP) is 2.59. The number of nitrogens with zero attached hydrogens (tertiary/aromatic N) is 3. The van der Waals surface area contributed by atoms with Crippen molar-refractivity contribution in [1.82, 2.24) is 20.2 Å². The topological polar surface area (TPSA) is 104 Å². The van der Waals surface area contributed by atoms with E-state index in [1.165, 1.54) is 24.5 Å². The number of anilines is 2. The molecule has 0 aliphatic rings. The Morgan fingerprint density at radius 3 is 2.78 bits per heavy atom. The minimum absolute atomic E-state index is 0.0166. The number of hydrogen-bond donors (Lipinski definition) is 3. The third-order valence-corrected chi connectivity index (χ3v) is 2.98. The summed E-state index contributed by atoms with van der Waals surface area (Å²) in [4.78, 5) is 18.6. The fourth-order valence-corrected chi connectivity index (χ4v) is 1.94.